The Labute approximate surface area is 171 Å². The van der Waals surface area contributed by atoms with E-state index >= 15 is 0 Å². The molecule has 0 saturated heterocycles. The lowest BCUT2D eigenvalue weighted by atomic mass is 10.1. The van der Waals surface area contributed by atoms with E-state index in [1.54, 1.807) is 26.8 Å². The number of nitrogens with one attached hydrogen (secondary N) is 1. The molecular weight excluding hydrogens is 392 g/mol. The Bertz CT molecular complexity index is 986. The van der Waals surface area contributed by atoms with E-state index in [0.29, 0.717) is 42.3 Å². The van der Waals surface area contributed by atoms with Crippen molar-refractivity contribution in [1.82, 2.24) is 9.62 Å². The van der Waals surface area contributed by atoms with Gasteiger partial charge in [0.15, 0.2) is 11.5 Å². The lowest BCUT2D eigenvalue weighted by molar-refractivity contribution is 0.0789. The van der Waals surface area contributed by atoms with Crippen LogP contribution in [0.2, 0.25) is 0 Å². The number of ether oxygens (including phenoxy) is 2. The van der Waals surface area contributed by atoms with Crippen LogP contribution < -0.4 is 14.8 Å². The van der Waals surface area contributed by atoms with Crippen LogP contribution in [0, 0.1) is 6.92 Å². The van der Waals surface area contributed by atoms with Crippen LogP contribution in [0.15, 0.2) is 47.4 Å². The van der Waals surface area contributed by atoms with Crippen LogP contribution in [0.1, 0.15) is 29.8 Å². The third kappa shape index (κ3) is 4.54. The zero-order valence-electron chi connectivity index (χ0n) is 16.8. The molecule has 0 aliphatic carbocycles. The van der Waals surface area contributed by atoms with Gasteiger partial charge >= 0.3 is 0 Å². The van der Waals surface area contributed by atoms with Crippen molar-refractivity contribution in [2.45, 2.75) is 31.8 Å². The van der Waals surface area contributed by atoms with Crippen molar-refractivity contribution in [3.8, 4) is 11.5 Å². The van der Waals surface area contributed by atoms with Crippen molar-refractivity contribution in [2.75, 3.05) is 26.2 Å². The molecule has 2 aromatic carbocycles. The highest BCUT2D eigenvalue weighted by Crippen LogP contribution is 2.30. The average molecular weight is 419 g/mol. The lowest BCUT2D eigenvalue weighted by Crippen LogP contribution is -2.41. The molecule has 8 heteroatoms. The standard InChI is InChI=1S/C21H26N2O5S/c1-4-23(5-2)29(25,26)17-11-10-15(3)18(12-17)21(24)22-13-16-14-27-19-8-6-7-9-20(19)28-16/h6-12,16H,4-5,13-14H2,1-3H3,(H,22,24). The fraction of sp³-hybridized carbons (Fsp3) is 0.381. The summed E-state index contributed by atoms with van der Waals surface area (Å²) < 4.78 is 38.4. The van der Waals surface area contributed by atoms with Crippen LogP contribution in [0.5, 0.6) is 11.5 Å². The molecule has 1 atom stereocenters. The molecule has 3 rings (SSSR count). The highest BCUT2D eigenvalue weighted by atomic mass is 32.2. The van der Waals surface area contributed by atoms with E-state index < -0.39 is 10.0 Å². The number of para-hydroxylation sites is 2. The summed E-state index contributed by atoms with van der Waals surface area (Å²) >= 11 is 0. The van der Waals surface area contributed by atoms with Gasteiger partial charge in [0.05, 0.1) is 11.4 Å². The largest absolute Gasteiger partial charge is 0.486 e. The quantitative estimate of drug-likeness (QED) is 0.747. The predicted molar refractivity (Wildman–Crippen MR) is 110 cm³/mol. The summed E-state index contributed by atoms with van der Waals surface area (Å²) in [6.45, 7) is 6.66. The summed E-state index contributed by atoms with van der Waals surface area (Å²) in [6.07, 6.45) is -0.322. The third-order valence-corrected chi connectivity index (χ3v) is 6.90. The van der Waals surface area contributed by atoms with Crippen LogP contribution in [0.4, 0.5) is 0 Å². The maximum atomic E-state index is 12.8. The Kier molecular flexibility index (Phi) is 6.44. The molecule has 7 nitrogen and oxygen atoms in total. The van der Waals surface area contributed by atoms with E-state index in [-0.39, 0.29) is 23.5 Å². The molecule has 1 aliphatic heterocycles. The second-order valence-electron chi connectivity index (χ2n) is 6.77. The molecule has 1 amide bonds. The van der Waals surface area contributed by atoms with Gasteiger partial charge in [-0.3, -0.25) is 4.79 Å². The molecule has 1 N–H and O–H groups in total. The number of benzene rings is 2. The predicted octanol–water partition coefficient (Wildman–Crippen LogP) is 2.60. The Morgan fingerprint density at radius 2 is 1.83 bits per heavy atom. The minimum atomic E-state index is -3.63. The summed E-state index contributed by atoms with van der Waals surface area (Å²) in [6, 6.07) is 12.0. The van der Waals surface area contributed by atoms with E-state index in [4.69, 9.17) is 9.47 Å². The van der Waals surface area contributed by atoms with E-state index in [9.17, 15) is 13.2 Å². The number of nitrogens with zero attached hydrogens (tertiary/aromatic N) is 1. The summed E-state index contributed by atoms with van der Waals surface area (Å²) in [7, 11) is -3.63. The molecule has 0 bridgehead atoms. The van der Waals surface area contributed by atoms with Crippen molar-refractivity contribution < 1.29 is 22.7 Å². The van der Waals surface area contributed by atoms with E-state index in [2.05, 4.69) is 5.32 Å². The van der Waals surface area contributed by atoms with Crippen molar-refractivity contribution in [3.63, 3.8) is 0 Å². The molecule has 1 unspecified atom stereocenters. The molecule has 156 valence electrons. The first kappa shape index (κ1) is 21.1. The molecule has 1 heterocycles. The first-order valence-corrected chi connectivity index (χ1v) is 11.1. The second kappa shape index (κ2) is 8.84. The van der Waals surface area contributed by atoms with Crippen LogP contribution in [-0.4, -0.2) is 51.0 Å². The Balaban J connectivity index is 1.71. The molecule has 0 fully saturated rings. The van der Waals surface area contributed by atoms with Crippen molar-refractivity contribution in [2.24, 2.45) is 0 Å². The number of carbonyl (C=O) groups excluding carboxylic acids is 1. The number of carbonyl (C=O) groups is 1. The second-order valence-corrected chi connectivity index (χ2v) is 8.71. The Morgan fingerprint density at radius 3 is 2.52 bits per heavy atom. The monoisotopic (exact) mass is 418 g/mol. The highest BCUT2D eigenvalue weighted by molar-refractivity contribution is 7.89. The minimum Gasteiger partial charge on any atom is -0.486 e. The van der Waals surface area contributed by atoms with Gasteiger partial charge in [0.1, 0.15) is 12.7 Å². The average Bonchev–Trinajstić information content (AvgIpc) is 2.72. The number of hydrogen-bond acceptors (Lipinski definition) is 5. The topological polar surface area (TPSA) is 84.9 Å². The smallest absolute Gasteiger partial charge is 0.251 e. The van der Waals surface area contributed by atoms with Gasteiger partial charge in [-0.15, -0.1) is 0 Å². The molecule has 29 heavy (non-hydrogen) atoms. The van der Waals surface area contributed by atoms with Gasteiger partial charge in [-0.1, -0.05) is 32.0 Å². The Morgan fingerprint density at radius 1 is 1.14 bits per heavy atom. The van der Waals surface area contributed by atoms with Crippen LogP contribution in [0.3, 0.4) is 0 Å². The number of hydrogen-bond donors (Lipinski definition) is 1. The molecule has 0 radical (unpaired) electrons. The van der Waals surface area contributed by atoms with E-state index in [1.165, 1.54) is 16.4 Å². The van der Waals surface area contributed by atoms with Gasteiger partial charge in [-0.2, -0.15) is 4.31 Å². The van der Waals surface area contributed by atoms with Gasteiger partial charge in [0.25, 0.3) is 5.91 Å². The summed E-state index contributed by atoms with van der Waals surface area (Å²) in [5, 5.41) is 2.82. The summed E-state index contributed by atoms with van der Waals surface area (Å²) in [4.78, 5) is 12.8. The van der Waals surface area contributed by atoms with Gasteiger partial charge in [-0.25, -0.2) is 8.42 Å². The first-order chi connectivity index (χ1) is 13.9. The molecular formula is C21H26N2O5S. The highest BCUT2D eigenvalue weighted by Gasteiger charge is 2.25. The molecule has 0 spiro atoms. The zero-order valence-corrected chi connectivity index (χ0v) is 17.7. The van der Waals surface area contributed by atoms with Gasteiger partial charge in [-0.05, 0) is 36.8 Å². The molecule has 1 aliphatic rings. The first-order valence-electron chi connectivity index (χ1n) is 9.64. The van der Waals surface area contributed by atoms with Crippen molar-refractivity contribution >= 4 is 15.9 Å². The maximum absolute atomic E-state index is 12.8. The fourth-order valence-electron chi connectivity index (χ4n) is 3.18. The van der Waals surface area contributed by atoms with Gasteiger partial charge in [0.2, 0.25) is 10.0 Å². The zero-order chi connectivity index (χ0) is 21.0. The molecule has 0 saturated carbocycles. The normalized spacial score (nSPS) is 15.9. The third-order valence-electron chi connectivity index (χ3n) is 4.85. The van der Waals surface area contributed by atoms with Crippen molar-refractivity contribution in [1.29, 1.82) is 0 Å². The lowest BCUT2D eigenvalue weighted by Gasteiger charge is -2.26. The maximum Gasteiger partial charge on any atom is 0.251 e. The van der Waals surface area contributed by atoms with E-state index in [0.717, 1.165) is 0 Å². The van der Waals surface area contributed by atoms with Crippen LogP contribution >= 0.6 is 0 Å². The number of amides is 1. The minimum absolute atomic E-state index is 0.114. The van der Waals surface area contributed by atoms with Crippen LogP contribution in [0.25, 0.3) is 0 Å². The van der Waals surface area contributed by atoms with Crippen LogP contribution in [-0.2, 0) is 10.0 Å². The fourth-order valence-corrected chi connectivity index (χ4v) is 4.67. The summed E-state index contributed by atoms with van der Waals surface area (Å²) in [5.74, 6) is 0.975. The SMILES string of the molecule is CCN(CC)S(=O)(=O)c1ccc(C)c(C(=O)NCC2COc3ccccc3O2)c1. The number of rotatable bonds is 7. The number of aryl methyl sites for hydroxylation is 1. The number of sulfonamides is 1. The Hall–Kier alpha value is -2.58. The molecule has 0 aromatic heterocycles. The van der Waals surface area contributed by atoms with E-state index in [1.807, 2.05) is 24.3 Å². The summed E-state index contributed by atoms with van der Waals surface area (Å²) in [5.41, 5.74) is 1.03. The van der Waals surface area contributed by atoms with Gasteiger partial charge in [0, 0.05) is 18.7 Å². The van der Waals surface area contributed by atoms with Gasteiger partial charge < -0.3 is 14.8 Å². The molecule has 2 aromatic rings. The number of fused-ring (bicyclic) bond motifs is 1. The van der Waals surface area contributed by atoms with Crippen molar-refractivity contribution in [3.05, 3.63) is 53.6 Å².